The van der Waals surface area contributed by atoms with Crippen LogP contribution in [0.2, 0.25) is 5.02 Å². The van der Waals surface area contributed by atoms with Gasteiger partial charge < -0.3 is 4.90 Å². The van der Waals surface area contributed by atoms with Gasteiger partial charge in [0, 0.05) is 40.6 Å². The summed E-state index contributed by atoms with van der Waals surface area (Å²) < 4.78 is 2.23. The lowest BCUT2D eigenvalue weighted by atomic mass is 10.2. The maximum absolute atomic E-state index is 6.13. The molecule has 0 atom stereocenters. The van der Waals surface area contributed by atoms with Gasteiger partial charge in [0.2, 0.25) is 11.2 Å². The molecule has 114 valence electrons. The van der Waals surface area contributed by atoms with E-state index in [4.69, 9.17) is 11.6 Å². The molecule has 2 heterocycles. The third kappa shape index (κ3) is 2.50. The third-order valence-electron chi connectivity index (χ3n) is 4.22. The molecule has 1 aliphatic heterocycles. The number of nitrogens with zero attached hydrogens (tertiary/aromatic N) is 2. The van der Waals surface area contributed by atoms with E-state index in [9.17, 15) is 0 Å². The molecule has 23 heavy (non-hydrogen) atoms. The van der Waals surface area contributed by atoms with E-state index >= 15 is 0 Å². The number of aryl methyl sites for hydroxylation is 1. The van der Waals surface area contributed by atoms with Crippen LogP contribution in [-0.2, 0) is 7.05 Å². The molecule has 0 saturated heterocycles. The van der Waals surface area contributed by atoms with Gasteiger partial charge in [0.1, 0.15) is 7.05 Å². The maximum Gasteiger partial charge on any atom is 0.212 e. The topological polar surface area (TPSA) is 7.12 Å². The smallest absolute Gasteiger partial charge is 0.212 e. The summed E-state index contributed by atoms with van der Waals surface area (Å²) in [7, 11) is 4.19. The van der Waals surface area contributed by atoms with E-state index in [0.717, 1.165) is 10.7 Å². The molecule has 3 aromatic rings. The summed E-state index contributed by atoms with van der Waals surface area (Å²) in [6.07, 6.45) is 2.23. The van der Waals surface area contributed by atoms with E-state index < -0.39 is 0 Å². The molecule has 0 N–H and O–H groups in total. The van der Waals surface area contributed by atoms with Gasteiger partial charge in [-0.2, -0.15) is 4.57 Å². The first kappa shape index (κ1) is 14.6. The molecule has 2 aromatic carbocycles. The number of pyridine rings is 1. The Labute approximate surface area is 145 Å². The van der Waals surface area contributed by atoms with E-state index in [-0.39, 0.29) is 0 Å². The van der Waals surface area contributed by atoms with E-state index in [2.05, 4.69) is 72.1 Å². The predicted octanol–water partition coefficient (Wildman–Crippen LogP) is 4.86. The summed E-state index contributed by atoms with van der Waals surface area (Å²) in [5.74, 6) is 0. The van der Waals surface area contributed by atoms with Gasteiger partial charge in [-0.1, -0.05) is 35.5 Å². The first-order valence-electron chi connectivity index (χ1n) is 7.44. The molecule has 4 rings (SSSR count). The maximum atomic E-state index is 6.13. The Kier molecular flexibility index (Phi) is 3.55. The van der Waals surface area contributed by atoms with Crippen LogP contribution in [0.4, 0.5) is 5.69 Å². The number of benzene rings is 2. The molecule has 0 bridgehead atoms. The number of anilines is 1. The molecule has 1 aromatic heterocycles. The minimum atomic E-state index is 0.772. The van der Waals surface area contributed by atoms with Crippen molar-refractivity contribution in [1.82, 2.24) is 0 Å². The zero-order chi connectivity index (χ0) is 16.0. The van der Waals surface area contributed by atoms with Crippen LogP contribution in [0.1, 0.15) is 5.69 Å². The Bertz CT molecular complexity index is 949. The van der Waals surface area contributed by atoms with Gasteiger partial charge in [0.25, 0.3) is 0 Å². The summed E-state index contributed by atoms with van der Waals surface area (Å²) in [4.78, 5) is 3.44. The van der Waals surface area contributed by atoms with Crippen LogP contribution in [0, 0.1) is 0 Å². The largest absolute Gasteiger partial charge is 0.338 e. The number of halogens is 1. The van der Waals surface area contributed by atoms with Gasteiger partial charge in [-0.05, 0) is 30.3 Å². The Morgan fingerprint density at radius 3 is 2.78 bits per heavy atom. The molecule has 1 aliphatic rings. The van der Waals surface area contributed by atoms with Gasteiger partial charge in [0.05, 0.1) is 10.7 Å². The van der Waals surface area contributed by atoms with Crippen molar-refractivity contribution in [3.05, 3.63) is 70.3 Å². The SMILES string of the molecule is CN1/C(=C/c2ccc3ccccc3[n+]2C)Sc2ccc(Cl)cc21. The molecule has 0 saturated carbocycles. The summed E-state index contributed by atoms with van der Waals surface area (Å²) in [6.45, 7) is 0. The highest BCUT2D eigenvalue weighted by Crippen LogP contribution is 2.46. The average Bonchev–Trinajstić information content (AvgIpc) is 2.86. The lowest BCUT2D eigenvalue weighted by molar-refractivity contribution is -0.646. The average molecular weight is 340 g/mol. The number of hydrogen-bond donors (Lipinski definition) is 0. The molecular formula is C19H16ClN2S+. The highest BCUT2D eigenvalue weighted by molar-refractivity contribution is 8.03. The Hall–Kier alpha value is -1.97. The van der Waals surface area contributed by atoms with E-state index in [1.54, 1.807) is 11.8 Å². The van der Waals surface area contributed by atoms with Crippen molar-refractivity contribution in [1.29, 1.82) is 0 Å². The molecule has 0 radical (unpaired) electrons. The fraction of sp³-hybridized carbons (Fsp3) is 0.105. The molecule has 2 nitrogen and oxygen atoms in total. The molecule has 0 aliphatic carbocycles. The Balaban J connectivity index is 1.79. The van der Waals surface area contributed by atoms with Crippen LogP contribution in [0.3, 0.4) is 0 Å². The Morgan fingerprint density at radius 2 is 1.91 bits per heavy atom. The van der Waals surface area contributed by atoms with E-state index in [1.807, 2.05) is 12.1 Å². The number of fused-ring (bicyclic) bond motifs is 2. The van der Waals surface area contributed by atoms with Crippen molar-refractivity contribution >= 4 is 46.0 Å². The fourth-order valence-corrected chi connectivity index (χ4v) is 4.14. The van der Waals surface area contributed by atoms with Crippen molar-refractivity contribution in [2.24, 2.45) is 7.05 Å². The normalized spacial score (nSPS) is 15.4. The van der Waals surface area contributed by atoms with Crippen molar-refractivity contribution in [3.63, 3.8) is 0 Å². The van der Waals surface area contributed by atoms with Gasteiger partial charge >= 0.3 is 0 Å². The van der Waals surface area contributed by atoms with Crippen molar-refractivity contribution < 1.29 is 4.57 Å². The molecule has 0 fully saturated rings. The van der Waals surface area contributed by atoms with Crippen LogP contribution in [0.5, 0.6) is 0 Å². The summed E-state index contributed by atoms with van der Waals surface area (Å²) >= 11 is 7.90. The molecule has 0 unspecified atom stereocenters. The van der Waals surface area contributed by atoms with Crippen LogP contribution in [0.15, 0.2) is 64.5 Å². The summed E-state index contributed by atoms with van der Waals surface area (Å²) in [5, 5.41) is 3.22. The summed E-state index contributed by atoms with van der Waals surface area (Å²) in [6, 6.07) is 18.8. The van der Waals surface area contributed by atoms with Gasteiger partial charge in [-0.25, -0.2) is 0 Å². The van der Waals surface area contributed by atoms with Crippen molar-refractivity contribution in [2.75, 3.05) is 11.9 Å². The number of para-hydroxylation sites is 1. The third-order valence-corrected chi connectivity index (χ3v) is 5.62. The summed E-state index contributed by atoms with van der Waals surface area (Å²) in [5.41, 5.74) is 3.57. The highest BCUT2D eigenvalue weighted by Gasteiger charge is 2.23. The predicted molar refractivity (Wildman–Crippen MR) is 98.8 cm³/mol. The second-order valence-corrected chi connectivity index (χ2v) is 7.13. The van der Waals surface area contributed by atoms with E-state index in [1.165, 1.54) is 26.5 Å². The monoisotopic (exact) mass is 339 g/mol. The number of hydrogen-bond acceptors (Lipinski definition) is 2. The van der Waals surface area contributed by atoms with Crippen molar-refractivity contribution in [3.8, 4) is 0 Å². The van der Waals surface area contributed by atoms with Crippen LogP contribution >= 0.6 is 23.4 Å². The molecule has 0 spiro atoms. The van der Waals surface area contributed by atoms with Gasteiger partial charge in [-0.15, -0.1) is 0 Å². The Morgan fingerprint density at radius 1 is 1.09 bits per heavy atom. The van der Waals surface area contributed by atoms with Gasteiger partial charge in [-0.3, -0.25) is 0 Å². The minimum Gasteiger partial charge on any atom is -0.338 e. The first-order valence-corrected chi connectivity index (χ1v) is 8.63. The minimum absolute atomic E-state index is 0.772. The van der Waals surface area contributed by atoms with Crippen molar-refractivity contribution in [2.45, 2.75) is 4.90 Å². The molecule has 0 amide bonds. The van der Waals surface area contributed by atoms with Crippen LogP contribution in [0.25, 0.3) is 17.0 Å². The van der Waals surface area contributed by atoms with Crippen LogP contribution < -0.4 is 9.47 Å². The second-order valence-electron chi connectivity index (χ2n) is 5.63. The lowest BCUT2D eigenvalue weighted by Gasteiger charge is -2.13. The quantitative estimate of drug-likeness (QED) is 0.585. The highest BCUT2D eigenvalue weighted by atomic mass is 35.5. The van der Waals surface area contributed by atoms with Crippen LogP contribution in [-0.4, -0.2) is 7.05 Å². The number of rotatable bonds is 1. The molecule has 4 heteroatoms. The van der Waals surface area contributed by atoms with Gasteiger partial charge in [0.15, 0.2) is 0 Å². The standard InChI is InChI=1S/C19H16ClN2S/c1-21-15(9-7-13-5-3-4-6-16(13)21)12-19-22(2)17-11-14(20)8-10-18(17)23-19/h3-12H,1-2H3/q+1. The zero-order valence-electron chi connectivity index (χ0n) is 13.0. The zero-order valence-corrected chi connectivity index (χ0v) is 14.5. The molecular weight excluding hydrogens is 324 g/mol. The lowest BCUT2D eigenvalue weighted by Crippen LogP contribution is -2.32. The second kappa shape index (κ2) is 5.59. The first-order chi connectivity index (χ1) is 11.1. The number of thioether (sulfide) groups is 1. The number of aromatic nitrogens is 1. The van der Waals surface area contributed by atoms with E-state index in [0.29, 0.717) is 0 Å². The fourth-order valence-electron chi connectivity index (χ4n) is 2.90.